The predicted molar refractivity (Wildman–Crippen MR) is 105 cm³/mol. The number of carbonyl (C=O) groups is 2. The molecule has 13 nitrogen and oxygen atoms in total. The van der Waals surface area contributed by atoms with Crippen molar-refractivity contribution in [1.29, 1.82) is 0 Å². The number of amides is 1. The maximum Gasteiger partial charge on any atom is 0.323 e. The fourth-order valence-corrected chi connectivity index (χ4v) is 2.37. The van der Waals surface area contributed by atoms with Crippen LogP contribution in [0.4, 0.5) is 11.4 Å². The fourth-order valence-electron chi connectivity index (χ4n) is 2.37. The third-order valence-corrected chi connectivity index (χ3v) is 3.58. The van der Waals surface area contributed by atoms with Gasteiger partial charge in [-0.1, -0.05) is 12.1 Å². The number of rotatable bonds is 9. The molecule has 2 aromatic rings. The Morgan fingerprint density at radius 1 is 1.10 bits per heavy atom. The highest BCUT2D eigenvalue weighted by molar-refractivity contribution is 5.90. The first-order valence-corrected chi connectivity index (χ1v) is 8.46. The summed E-state index contributed by atoms with van der Waals surface area (Å²) in [5.74, 6) is -2.01. The van der Waals surface area contributed by atoms with E-state index in [-0.39, 0.29) is 28.5 Å². The molecule has 0 aliphatic heterocycles. The van der Waals surface area contributed by atoms with Gasteiger partial charge in [0.2, 0.25) is 5.75 Å². The van der Waals surface area contributed by atoms with E-state index >= 15 is 0 Å². The number of hydrogen-bond acceptors (Lipinski definition) is 10. The first-order chi connectivity index (χ1) is 14.7. The summed E-state index contributed by atoms with van der Waals surface area (Å²) in [6.07, 6.45) is 0.987. The molecule has 0 aliphatic rings. The Balaban J connectivity index is 2.11. The van der Waals surface area contributed by atoms with Crippen LogP contribution in [0.2, 0.25) is 0 Å². The van der Waals surface area contributed by atoms with Crippen LogP contribution in [0.5, 0.6) is 17.2 Å². The minimum absolute atomic E-state index is 0.0438. The smallest absolute Gasteiger partial charge is 0.323 e. The first kappa shape index (κ1) is 22.7. The maximum absolute atomic E-state index is 11.9. The summed E-state index contributed by atoms with van der Waals surface area (Å²) in [6, 6.07) is 8.02. The van der Waals surface area contributed by atoms with Crippen LogP contribution < -0.4 is 19.6 Å². The van der Waals surface area contributed by atoms with Gasteiger partial charge in [0.25, 0.3) is 5.91 Å². The van der Waals surface area contributed by atoms with Gasteiger partial charge >= 0.3 is 17.3 Å². The van der Waals surface area contributed by atoms with Gasteiger partial charge in [0.15, 0.2) is 18.1 Å². The Morgan fingerprint density at radius 2 is 1.81 bits per heavy atom. The lowest BCUT2D eigenvalue weighted by atomic mass is 10.1. The van der Waals surface area contributed by atoms with Crippen LogP contribution >= 0.6 is 0 Å². The predicted octanol–water partition coefficient (Wildman–Crippen LogP) is 1.97. The number of nitrogens with zero attached hydrogens (tertiary/aromatic N) is 3. The van der Waals surface area contributed by atoms with Crippen molar-refractivity contribution >= 4 is 29.5 Å². The molecule has 0 saturated carbocycles. The molecule has 2 aromatic carbocycles. The molecule has 0 aromatic heterocycles. The van der Waals surface area contributed by atoms with Gasteiger partial charge in [0, 0.05) is 13.0 Å². The van der Waals surface area contributed by atoms with Crippen LogP contribution in [0.1, 0.15) is 12.5 Å². The van der Waals surface area contributed by atoms with Gasteiger partial charge < -0.3 is 14.2 Å². The van der Waals surface area contributed by atoms with Crippen LogP contribution in [0.15, 0.2) is 41.5 Å². The summed E-state index contributed by atoms with van der Waals surface area (Å²) in [4.78, 5) is 44.0. The fraction of sp³-hybridized carbons (Fsp3) is 0.167. The number of nitrogens with one attached hydrogen (secondary N) is 1. The monoisotopic (exact) mass is 432 g/mol. The Hall–Kier alpha value is -4.55. The molecule has 0 saturated heterocycles. The molecule has 162 valence electrons. The van der Waals surface area contributed by atoms with Gasteiger partial charge in [-0.2, -0.15) is 5.10 Å². The largest absolute Gasteiger partial charge is 0.488 e. The van der Waals surface area contributed by atoms with Crippen LogP contribution in [0, 0.1) is 20.2 Å². The van der Waals surface area contributed by atoms with Gasteiger partial charge in [0.1, 0.15) is 0 Å². The topological polar surface area (TPSA) is 172 Å². The van der Waals surface area contributed by atoms with Gasteiger partial charge in [-0.3, -0.25) is 29.8 Å². The first-order valence-electron chi connectivity index (χ1n) is 8.46. The zero-order valence-electron chi connectivity index (χ0n) is 16.3. The van der Waals surface area contributed by atoms with E-state index in [9.17, 15) is 29.8 Å². The molecular weight excluding hydrogens is 416 g/mol. The zero-order valence-corrected chi connectivity index (χ0v) is 16.3. The average Bonchev–Trinajstić information content (AvgIpc) is 2.72. The van der Waals surface area contributed by atoms with E-state index in [4.69, 9.17) is 14.2 Å². The molecule has 1 N–H and O–H groups in total. The molecule has 0 heterocycles. The van der Waals surface area contributed by atoms with Crippen LogP contribution in [-0.2, 0) is 9.59 Å². The van der Waals surface area contributed by atoms with Crippen molar-refractivity contribution < 1.29 is 33.6 Å². The Bertz CT molecular complexity index is 1050. The van der Waals surface area contributed by atoms with E-state index in [0.717, 1.165) is 20.2 Å². The highest BCUT2D eigenvalue weighted by atomic mass is 16.6. The lowest BCUT2D eigenvalue weighted by molar-refractivity contribution is -0.386. The van der Waals surface area contributed by atoms with Crippen molar-refractivity contribution in [1.82, 2.24) is 5.43 Å². The van der Waals surface area contributed by atoms with Crippen LogP contribution in [-0.4, -0.2) is 41.7 Å². The van der Waals surface area contributed by atoms with Gasteiger partial charge in [-0.25, -0.2) is 5.43 Å². The molecule has 0 unspecified atom stereocenters. The van der Waals surface area contributed by atoms with Crippen molar-refractivity contribution in [3.8, 4) is 17.2 Å². The van der Waals surface area contributed by atoms with Crippen molar-refractivity contribution in [2.24, 2.45) is 5.10 Å². The van der Waals surface area contributed by atoms with Crippen molar-refractivity contribution in [2.75, 3.05) is 13.7 Å². The molecule has 0 radical (unpaired) electrons. The minimum Gasteiger partial charge on any atom is -0.488 e. The second kappa shape index (κ2) is 10.3. The number of hydrogen-bond donors (Lipinski definition) is 1. The summed E-state index contributed by atoms with van der Waals surface area (Å²) in [5, 5.41) is 26.0. The highest BCUT2D eigenvalue weighted by Gasteiger charge is 2.25. The number of nitro groups is 2. The molecule has 0 aliphatic carbocycles. The molecule has 0 atom stereocenters. The summed E-state index contributed by atoms with van der Waals surface area (Å²) >= 11 is 0. The second-order valence-corrected chi connectivity index (χ2v) is 5.69. The number of methoxy groups -OCH3 is 1. The Labute approximate surface area is 174 Å². The van der Waals surface area contributed by atoms with E-state index < -0.39 is 34.0 Å². The summed E-state index contributed by atoms with van der Waals surface area (Å²) in [5.41, 5.74) is 1.20. The lowest BCUT2D eigenvalue weighted by Crippen LogP contribution is -2.24. The third kappa shape index (κ3) is 5.96. The molecule has 0 fully saturated rings. The second-order valence-electron chi connectivity index (χ2n) is 5.69. The third-order valence-electron chi connectivity index (χ3n) is 3.58. The van der Waals surface area contributed by atoms with Gasteiger partial charge in [0.05, 0.1) is 28.7 Å². The van der Waals surface area contributed by atoms with Crippen molar-refractivity contribution in [3.05, 3.63) is 62.2 Å². The standard InChI is InChI=1S/C18H16N4O9/c1-11(23)31-15-8-7-12(17(22(27)28)18(15)29-2)9-19-20-16(24)10-30-14-6-4-3-5-13(14)21(25)26/h3-9H,10H2,1-2H3,(H,20,24). The van der Waals surface area contributed by atoms with E-state index in [1.54, 1.807) is 0 Å². The summed E-state index contributed by atoms with van der Waals surface area (Å²) in [6.45, 7) is 0.543. The number of hydrazone groups is 1. The molecule has 0 spiro atoms. The number of carbonyl (C=O) groups excluding carboxylic acids is 2. The molecule has 1 amide bonds. The number of benzene rings is 2. The van der Waals surface area contributed by atoms with Crippen LogP contribution in [0.25, 0.3) is 0 Å². The highest BCUT2D eigenvalue weighted by Crippen LogP contribution is 2.39. The summed E-state index contributed by atoms with van der Waals surface area (Å²) < 4.78 is 15.0. The van der Waals surface area contributed by atoms with E-state index in [1.165, 1.54) is 36.4 Å². The number of nitro benzene ring substituents is 2. The van der Waals surface area contributed by atoms with E-state index in [0.29, 0.717) is 0 Å². The molecular formula is C18H16N4O9. The number of para-hydroxylation sites is 2. The van der Waals surface area contributed by atoms with E-state index in [2.05, 4.69) is 10.5 Å². The number of ether oxygens (including phenoxy) is 3. The lowest BCUT2D eigenvalue weighted by Gasteiger charge is -2.09. The van der Waals surface area contributed by atoms with Crippen molar-refractivity contribution in [2.45, 2.75) is 6.92 Å². The Kier molecular flexibility index (Phi) is 7.55. The average molecular weight is 432 g/mol. The molecule has 31 heavy (non-hydrogen) atoms. The normalized spacial score (nSPS) is 10.4. The van der Waals surface area contributed by atoms with Gasteiger partial charge in [-0.05, 0) is 18.2 Å². The van der Waals surface area contributed by atoms with Crippen LogP contribution in [0.3, 0.4) is 0 Å². The SMILES string of the molecule is COc1c(OC(C)=O)ccc(C=NNC(=O)COc2ccccc2[N+](=O)[O-])c1[N+](=O)[O-]. The van der Waals surface area contributed by atoms with Crippen molar-refractivity contribution in [3.63, 3.8) is 0 Å². The summed E-state index contributed by atoms with van der Waals surface area (Å²) in [7, 11) is 1.16. The molecule has 0 bridgehead atoms. The van der Waals surface area contributed by atoms with Gasteiger partial charge in [-0.15, -0.1) is 0 Å². The molecule has 13 heteroatoms. The maximum atomic E-state index is 11.9. The number of esters is 1. The molecule has 2 rings (SSSR count). The van der Waals surface area contributed by atoms with E-state index in [1.807, 2.05) is 0 Å². The Morgan fingerprint density at radius 3 is 2.42 bits per heavy atom. The quantitative estimate of drug-likeness (QED) is 0.204. The zero-order chi connectivity index (χ0) is 23.0. The minimum atomic E-state index is -0.763.